The molecule has 0 spiro atoms. The van der Waals surface area contributed by atoms with Crippen LogP contribution in [0.4, 0.5) is 5.13 Å². The van der Waals surface area contributed by atoms with Crippen LogP contribution in [0.1, 0.15) is 24.0 Å². The largest absolute Gasteiger partial charge is 0.302 e. The fourth-order valence-corrected chi connectivity index (χ4v) is 4.37. The molecule has 4 heteroatoms. The predicted octanol–water partition coefficient (Wildman–Crippen LogP) is 4.58. The second-order valence-corrected chi connectivity index (χ2v) is 7.57. The fourth-order valence-electron chi connectivity index (χ4n) is 3.64. The average molecular weight is 324 g/mol. The fraction of sp³-hybridized carbons (Fsp3) is 0.368. The topological polar surface area (TPSA) is 42.0 Å². The lowest BCUT2D eigenvalue weighted by molar-refractivity contribution is -0.120. The molecule has 1 fully saturated rings. The smallest absolute Gasteiger partial charge is 0.229 e. The van der Waals surface area contributed by atoms with E-state index in [1.807, 2.05) is 5.38 Å². The summed E-state index contributed by atoms with van der Waals surface area (Å²) in [5.74, 6) is 1.29. The Hall–Kier alpha value is -1.94. The van der Waals surface area contributed by atoms with Crippen molar-refractivity contribution in [1.29, 1.82) is 0 Å². The molecular weight excluding hydrogens is 304 g/mol. The molecule has 0 saturated heterocycles. The summed E-state index contributed by atoms with van der Waals surface area (Å²) < 4.78 is 0. The number of hydrogen-bond acceptors (Lipinski definition) is 3. The van der Waals surface area contributed by atoms with E-state index >= 15 is 0 Å². The number of rotatable bonds is 3. The summed E-state index contributed by atoms with van der Waals surface area (Å²) in [7, 11) is 0. The number of hydrogen-bond donors (Lipinski definition) is 1. The quantitative estimate of drug-likeness (QED) is 0.840. The van der Waals surface area contributed by atoms with Crippen molar-refractivity contribution in [3.63, 3.8) is 0 Å². The number of anilines is 1. The molecule has 2 bridgehead atoms. The van der Waals surface area contributed by atoms with Crippen LogP contribution in [-0.2, 0) is 4.79 Å². The Bertz CT molecular complexity index is 792. The van der Waals surface area contributed by atoms with Gasteiger partial charge in [-0.2, -0.15) is 0 Å². The first kappa shape index (κ1) is 14.6. The van der Waals surface area contributed by atoms with Gasteiger partial charge in [0.1, 0.15) is 0 Å². The summed E-state index contributed by atoms with van der Waals surface area (Å²) in [5.41, 5.74) is 4.57. The minimum Gasteiger partial charge on any atom is -0.302 e. The molecule has 4 rings (SSSR count). The zero-order chi connectivity index (χ0) is 16.0. The van der Waals surface area contributed by atoms with Crippen LogP contribution < -0.4 is 5.32 Å². The maximum Gasteiger partial charge on any atom is 0.229 e. The SMILES string of the molecule is Cc1ccc(-c2csc(NC(=O)[C@@H]3C[C@@H]4C=C[C@@H]3C4)n2)cc1C. The van der Waals surface area contributed by atoms with Crippen LogP contribution in [0.2, 0.25) is 0 Å². The first-order valence-electron chi connectivity index (χ1n) is 8.12. The van der Waals surface area contributed by atoms with Crippen LogP contribution in [0, 0.1) is 31.6 Å². The van der Waals surface area contributed by atoms with E-state index in [0.717, 1.165) is 24.1 Å². The van der Waals surface area contributed by atoms with Crippen molar-refractivity contribution < 1.29 is 4.79 Å². The summed E-state index contributed by atoms with van der Waals surface area (Å²) in [5, 5.41) is 5.74. The molecule has 2 aliphatic carbocycles. The molecule has 23 heavy (non-hydrogen) atoms. The molecule has 3 nitrogen and oxygen atoms in total. The number of amides is 1. The number of carbonyl (C=O) groups excluding carboxylic acids is 1. The van der Waals surface area contributed by atoms with Crippen LogP contribution in [0.5, 0.6) is 0 Å². The van der Waals surface area contributed by atoms with Gasteiger partial charge in [0, 0.05) is 16.9 Å². The normalized spacial score (nSPS) is 25.0. The number of thiazole rings is 1. The molecule has 1 heterocycles. The Morgan fingerprint density at radius 2 is 2.09 bits per heavy atom. The van der Waals surface area contributed by atoms with E-state index in [-0.39, 0.29) is 11.8 Å². The van der Waals surface area contributed by atoms with E-state index in [9.17, 15) is 4.79 Å². The van der Waals surface area contributed by atoms with E-state index in [4.69, 9.17) is 0 Å². The summed E-state index contributed by atoms with van der Waals surface area (Å²) in [6, 6.07) is 6.35. The second-order valence-electron chi connectivity index (χ2n) is 6.71. The Labute approximate surface area is 140 Å². The summed E-state index contributed by atoms with van der Waals surface area (Å²) in [6.07, 6.45) is 6.60. The number of nitrogens with one attached hydrogen (secondary N) is 1. The Balaban J connectivity index is 1.48. The predicted molar refractivity (Wildman–Crippen MR) is 94.5 cm³/mol. The van der Waals surface area contributed by atoms with E-state index < -0.39 is 0 Å². The highest BCUT2D eigenvalue weighted by molar-refractivity contribution is 7.14. The molecule has 1 aromatic heterocycles. The van der Waals surface area contributed by atoms with Gasteiger partial charge in [0.05, 0.1) is 5.69 Å². The van der Waals surface area contributed by atoms with Crippen LogP contribution in [0.15, 0.2) is 35.7 Å². The molecule has 1 saturated carbocycles. The van der Waals surface area contributed by atoms with Crippen molar-refractivity contribution in [2.45, 2.75) is 26.7 Å². The summed E-state index contributed by atoms with van der Waals surface area (Å²) in [4.78, 5) is 17.1. The van der Waals surface area contributed by atoms with Gasteiger partial charge >= 0.3 is 0 Å². The van der Waals surface area contributed by atoms with Crippen molar-refractivity contribution in [2.24, 2.45) is 17.8 Å². The summed E-state index contributed by atoms with van der Waals surface area (Å²) in [6.45, 7) is 4.21. The lowest BCUT2D eigenvalue weighted by Gasteiger charge is -2.16. The highest BCUT2D eigenvalue weighted by atomic mass is 32.1. The number of fused-ring (bicyclic) bond motifs is 2. The van der Waals surface area contributed by atoms with Crippen molar-refractivity contribution in [3.8, 4) is 11.3 Å². The third kappa shape index (κ3) is 2.72. The Kier molecular flexibility index (Phi) is 3.57. The molecule has 1 N–H and O–H groups in total. The van der Waals surface area contributed by atoms with Gasteiger partial charge in [-0.05, 0) is 55.7 Å². The molecular formula is C19H20N2OS. The van der Waals surface area contributed by atoms with Crippen LogP contribution in [0.3, 0.4) is 0 Å². The third-order valence-electron chi connectivity index (χ3n) is 5.15. The number of benzene rings is 1. The van der Waals surface area contributed by atoms with E-state index in [2.05, 4.69) is 54.5 Å². The highest BCUT2D eigenvalue weighted by Gasteiger charge is 2.39. The third-order valence-corrected chi connectivity index (χ3v) is 5.91. The van der Waals surface area contributed by atoms with Gasteiger partial charge < -0.3 is 5.32 Å². The maximum absolute atomic E-state index is 12.5. The highest BCUT2D eigenvalue weighted by Crippen LogP contribution is 2.43. The van der Waals surface area contributed by atoms with Gasteiger partial charge in [0.25, 0.3) is 0 Å². The van der Waals surface area contributed by atoms with E-state index in [1.165, 1.54) is 22.5 Å². The first-order chi connectivity index (χ1) is 11.1. The van der Waals surface area contributed by atoms with Crippen LogP contribution in [-0.4, -0.2) is 10.9 Å². The minimum atomic E-state index is 0.124. The number of allylic oxidation sites excluding steroid dienone is 2. The monoisotopic (exact) mass is 324 g/mol. The molecule has 2 aliphatic rings. The molecule has 118 valence electrons. The van der Waals surface area contributed by atoms with Crippen LogP contribution in [0.25, 0.3) is 11.3 Å². The van der Waals surface area contributed by atoms with Crippen molar-refractivity contribution in [3.05, 3.63) is 46.9 Å². The van der Waals surface area contributed by atoms with Crippen molar-refractivity contribution in [2.75, 3.05) is 5.32 Å². The van der Waals surface area contributed by atoms with Gasteiger partial charge in [-0.3, -0.25) is 4.79 Å². The average Bonchev–Trinajstić information content (AvgIpc) is 3.26. The van der Waals surface area contributed by atoms with Crippen molar-refractivity contribution in [1.82, 2.24) is 4.98 Å². The molecule has 1 amide bonds. The molecule has 3 atom stereocenters. The molecule has 2 aromatic rings. The first-order valence-corrected chi connectivity index (χ1v) is 9.00. The lowest BCUT2D eigenvalue weighted by Crippen LogP contribution is -2.25. The molecule has 0 unspecified atom stereocenters. The van der Waals surface area contributed by atoms with Gasteiger partial charge in [-0.1, -0.05) is 24.3 Å². The standard InChI is InChI=1S/C19H20N2OS/c1-11-3-5-15(7-12(11)2)17-10-23-19(20-17)21-18(22)16-9-13-4-6-14(16)8-13/h3-7,10,13-14,16H,8-9H2,1-2H3,(H,20,21,22)/t13-,14-,16-/m1/s1. The molecule has 0 radical (unpaired) electrons. The summed E-state index contributed by atoms with van der Waals surface area (Å²) >= 11 is 1.50. The Morgan fingerprint density at radius 3 is 2.78 bits per heavy atom. The van der Waals surface area contributed by atoms with Gasteiger partial charge in [-0.15, -0.1) is 11.3 Å². The van der Waals surface area contributed by atoms with Gasteiger partial charge in [0.15, 0.2) is 5.13 Å². The van der Waals surface area contributed by atoms with Gasteiger partial charge in [-0.25, -0.2) is 4.98 Å². The second kappa shape index (κ2) is 5.60. The maximum atomic E-state index is 12.5. The zero-order valence-electron chi connectivity index (χ0n) is 13.4. The minimum absolute atomic E-state index is 0.124. The number of aromatic nitrogens is 1. The lowest BCUT2D eigenvalue weighted by atomic mass is 9.93. The Morgan fingerprint density at radius 1 is 1.22 bits per heavy atom. The van der Waals surface area contributed by atoms with E-state index in [1.54, 1.807) is 0 Å². The molecule has 1 aromatic carbocycles. The number of nitrogens with zero attached hydrogens (tertiary/aromatic N) is 1. The zero-order valence-corrected chi connectivity index (χ0v) is 14.2. The van der Waals surface area contributed by atoms with Crippen molar-refractivity contribution >= 4 is 22.4 Å². The van der Waals surface area contributed by atoms with Gasteiger partial charge in [0.2, 0.25) is 5.91 Å². The number of aryl methyl sites for hydroxylation is 2. The van der Waals surface area contributed by atoms with Crippen LogP contribution >= 0.6 is 11.3 Å². The molecule has 0 aliphatic heterocycles. The van der Waals surface area contributed by atoms with E-state index in [0.29, 0.717) is 17.0 Å². The number of carbonyl (C=O) groups is 1.